The Morgan fingerprint density at radius 2 is 2.05 bits per heavy atom. The van der Waals surface area contributed by atoms with E-state index in [-0.39, 0.29) is 5.91 Å². The number of fused-ring (bicyclic) bond motifs is 1. The smallest absolute Gasteiger partial charge is 0.329 e. The van der Waals surface area contributed by atoms with Crippen molar-refractivity contribution in [2.45, 2.75) is 18.9 Å². The molecule has 1 aliphatic rings. The SMILES string of the molecule is C=C1CCC(NC(=O)n2ccc3ccccc3c2=O)C(=O)N1. The van der Waals surface area contributed by atoms with E-state index in [0.717, 1.165) is 9.95 Å². The van der Waals surface area contributed by atoms with E-state index >= 15 is 0 Å². The number of amides is 2. The second-order valence-corrected chi connectivity index (χ2v) is 5.21. The number of piperidine rings is 1. The van der Waals surface area contributed by atoms with E-state index in [9.17, 15) is 14.4 Å². The quantitative estimate of drug-likeness (QED) is 0.834. The van der Waals surface area contributed by atoms with Crippen LogP contribution in [-0.2, 0) is 4.79 Å². The first-order valence-electron chi connectivity index (χ1n) is 6.96. The maximum Gasteiger partial charge on any atom is 0.329 e. The third kappa shape index (κ3) is 2.50. The number of hydrogen-bond acceptors (Lipinski definition) is 3. The van der Waals surface area contributed by atoms with E-state index in [1.54, 1.807) is 24.3 Å². The van der Waals surface area contributed by atoms with Crippen molar-refractivity contribution >= 4 is 22.7 Å². The summed E-state index contributed by atoms with van der Waals surface area (Å²) in [5.41, 5.74) is 0.231. The Hall–Kier alpha value is -2.89. The van der Waals surface area contributed by atoms with Crippen molar-refractivity contribution in [3.05, 3.63) is 59.2 Å². The second-order valence-electron chi connectivity index (χ2n) is 5.21. The summed E-state index contributed by atoms with van der Waals surface area (Å²) < 4.78 is 0.985. The predicted molar refractivity (Wildman–Crippen MR) is 82.4 cm³/mol. The molecular weight excluding hydrogens is 282 g/mol. The molecule has 0 spiro atoms. The van der Waals surface area contributed by atoms with Gasteiger partial charge in [-0.3, -0.25) is 9.59 Å². The van der Waals surface area contributed by atoms with E-state index < -0.39 is 17.6 Å². The lowest BCUT2D eigenvalue weighted by molar-refractivity contribution is -0.123. The molecule has 1 aliphatic heterocycles. The lowest BCUT2D eigenvalue weighted by atomic mass is 10.1. The third-order valence-corrected chi connectivity index (χ3v) is 3.68. The molecule has 2 N–H and O–H groups in total. The summed E-state index contributed by atoms with van der Waals surface area (Å²) >= 11 is 0. The lowest BCUT2D eigenvalue weighted by Crippen LogP contribution is -2.51. The molecule has 2 heterocycles. The highest BCUT2D eigenvalue weighted by atomic mass is 16.2. The maximum absolute atomic E-state index is 12.3. The monoisotopic (exact) mass is 297 g/mol. The zero-order valence-electron chi connectivity index (χ0n) is 11.8. The molecular formula is C16H15N3O3. The predicted octanol–water partition coefficient (Wildman–Crippen LogP) is 1.35. The zero-order chi connectivity index (χ0) is 15.7. The van der Waals surface area contributed by atoms with E-state index in [1.807, 2.05) is 6.07 Å². The molecule has 1 unspecified atom stereocenters. The minimum atomic E-state index is -0.656. The van der Waals surface area contributed by atoms with Gasteiger partial charge in [-0.25, -0.2) is 9.36 Å². The summed E-state index contributed by atoms with van der Waals surface area (Å²) in [6.45, 7) is 3.68. The number of benzene rings is 1. The van der Waals surface area contributed by atoms with Gasteiger partial charge in [0.1, 0.15) is 6.04 Å². The first-order chi connectivity index (χ1) is 10.6. The minimum Gasteiger partial charge on any atom is -0.329 e. The third-order valence-electron chi connectivity index (χ3n) is 3.68. The Balaban J connectivity index is 1.87. The van der Waals surface area contributed by atoms with Crippen molar-refractivity contribution < 1.29 is 9.59 Å². The largest absolute Gasteiger partial charge is 0.329 e. The van der Waals surface area contributed by atoms with Gasteiger partial charge in [0.2, 0.25) is 5.91 Å². The highest BCUT2D eigenvalue weighted by Crippen LogP contribution is 2.11. The number of nitrogens with zero attached hydrogens (tertiary/aromatic N) is 1. The van der Waals surface area contributed by atoms with Gasteiger partial charge in [0, 0.05) is 17.3 Å². The Morgan fingerprint density at radius 3 is 2.82 bits per heavy atom. The standard InChI is InChI=1S/C16H15N3O3/c1-10-6-7-13(14(20)17-10)18-16(22)19-9-8-11-4-2-3-5-12(11)15(19)21/h2-5,8-9,13H,1,6-7H2,(H,17,20)(H,18,22). The van der Waals surface area contributed by atoms with Crippen molar-refractivity contribution in [1.82, 2.24) is 15.2 Å². The highest BCUT2D eigenvalue weighted by Gasteiger charge is 2.26. The molecule has 0 radical (unpaired) electrons. The van der Waals surface area contributed by atoms with Gasteiger partial charge in [-0.05, 0) is 30.4 Å². The first-order valence-corrected chi connectivity index (χ1v) is 6.96. The number of carbonyl (C=O) groups is 2. The molecule has 2 amide bonds. The topological polar surface area (TPSA) is 80.2 Å². The Bertz CT molecular complexity index is 838. The zero-order valence-corrected chi connectivity index (χ0v) is 11.8. The molecule has 1 aromatic carbocycles. The first kappa shape index (κ1) is 14.1. The lowest BCUT2D eigenvalue weighted by Gasteiger charge is -2.24. The van der Waals surface area contributed by atoms with E-state index in [4.69, 9.17) is 0 Å². The van der Waals surface area contributed by atoms with Gasteiger partial charge in [-0.1, -0.05) is 24.8 Å². The molecule has 112 valence electrons. The van der Waals surface area contributed by atoms with Crippen LogP contribution >= 0.6 is 0 Å². The Kier molecular flexibility index (Phi) is 3.50. The number of allylic oxidation sites excluding steroid dienone is 1. The molecule has 3 rings (SSSR count). The summed E-state index contributed by atoms with van der Waals surface area (Å²) in [5.74, 6) is -0.307. The second kappa shape index (κ2) is 5.48. The molecule has 1 fully saturated rings. The number of pyridine rings is 1. The molecule has 0 aliphatic carbocycles. The average molecular weight is 297 g/mol. The number of carbonyl (C=O) groups excluding carboxylic acids is 2. The Labute approximate surface area is 126 Å². The van der Waals surface area contributed by atoms with Crippen LogP contribution in [0.25, 0.3) is 10.8 Å². The maximum atomic E-state index is 12.3. The summed E-state index contributed by atoms with van der Waals surface area (Å²) in [6, 6.07) is 7.47. The van der Waals surface area contributed by atoms with Crippen LogP contribution in [-0.4, -0.2) is 22.5 Å². The molecule has 1 aromatic heterocycles. The van der Waals surface area contributed by atoms with Crippen LogP contribution in [0.4, 0.5) is 4.79 Å². The number of nitrogens with one attached hydrogen (secondary N) is 2. The van der Waals surface area contributed by atoms with Crippen LogP contribution in [0.15, 0.2) is 53.6 Å². The fourth-order valence-corrected chi connectivity index (χ4v) is 2.48. The van der Waals surface area contributed by atoms with Gasteiger partial charge in [0.25, 0.3) is 5.56 Å². The fourth-order valence-electron chi connectivity index (χ4n) is 2.48. The van der Waals surface area contributed by atoms with Gasteiger partial charge < -0.3 is 10.6 Å². The van der Waals surface area contributed by atoms with Crippen LogP contribution in [0.2, 0.25) is 0 Å². The molecule has 6 nitrogen and oxygen atoms in total. The fraction of sp³-hybridized carbons (Fsp3) is 0.188. The molecule has 22 heavy (non-hydrogen) atoms. The molecule has 1 saturated heterocycles. The summed E-state index contributed by atoms with van der Waals surface area (Å²) in [7, 11) is 0. The summed E-state index contributed by atoms with van der Waals surface area (Å²) in [5, 5.41) is 6.40. The highest BCUT2D eigenvalue weighted by molar-refractivity contribution is 5.90. The van der Waals surface area contributed by atoms with Crippen LogP contribution in [0.3, 0.4) is 0 Å². The molecule has 1 atom stereocenters. The van der Waals surface area contributed by atoms with Gasteiger partial charge in [-0.2, -0.15) is 0 Å². The number of hydrogen-bond donors (Lipinski definition) is 2. The number of rotatable bonds is 1. The summed E-state index contributed by atoms with van der Waals surface area (Å²) in [4.78, 5) is 36.4. The van der Waals surface area contributed by atoms with E-state index in [2.05, 4.69) is 17.2 Å². The van der Waals surface area contributed by atoms with Gasteiger partial charge in [0.15, 0.2) is 0 Å². The van der Waals surface area contributed by atoms with Crippen molar-refractivity contribution in [2.75, 3.05) is 0 Å². The van der Waals surface area contributed by atoms with Gasteiger partial charge in [0.05, 0.1) is 0 Å². The van der Waals surface area contributed by atoms with Gasteiger partial charge >= 0.3 is 6.03 Å². The molecule has 0 bridgehead atoms. The summed E-state index contributed by atoms with van der Waals surface area (Å²) in [6.07, 6.45) is 2.49. The average Bonchev–Trinajstić information content (AvgIpc) is 2.50. The van der Waals surface area contributed by atoms with Crippen LogP contribution in [0, 0.1) is 0 Å². The van der Waals surface area contributed by atoms with Crippen molar-refractivity contribution in [3.63, 3.8) is 0 Å². The molecule has 6 heteroatoms. The molecule has 0 saturated carbocycles. The number of aromatic nitrogens is 1. The van der Waals surface area contributed by atoms with Crippen LogP contribution in [0.1, 0.15) is 12.8 Å². The van der Waals surface area contributed by atoms with E-state index in [0.29, 0.717) is 23.9 Å². The van der Waals surface area contributed by atoms with Crippen molar-refractivity contribution in [2.24, 2.45) is 0 Å². The van der Waals surface area contributed by atoms with Gasteiger partial charge in [-0.15, -0.1) is 0 Å². The van der Waals surface area contributed by atoms with Crippen LogP contribution < -0.4 is 16.2 Å². The normalized spacial score (nSPS) is 18.1. The van der Waals surface area contributed by atoms with E-state index in [1.165, 1.54) is 6.20 Å². The minimum absolute atomic E-state index is 0.307. The Morgan fingerprint density at radius 1 is 1.27 bits per heavy atom. The van der Waals surface area contributed by atoms with Crippen molar-refractivity contribution in [1.29, 1.82) is 0 Å². The van der Waals surface area contributed by atoms with Crippen molar-refractivity contribution in [3.8, 4) is 0 Å². The van der Waals surface area contributed by atoms with Crippen LogP contribution in [0.5, 0.6) is 0 Å². The molecule has 2 aromatic rings.